The Morgan fingerprint density at radius 2 is 0.796 bits per heavy atom. The van der Waals surface area contributed by atoms with Crippen molar-refractivity contribution >= 4 is 11.8 Å². The fourth-order valence-electron chi connectivity index (χ4n) is 6.80. The first-order valence-electron chi connectivity index (χ1n) is 18.2. The number of hydrogen-bond donors (Lipinski definition) is 2. The second kappa shape index (κ2) is 16.4. The summed E-state index contributed by atoms with van der Waals surface area (Å²) in [5.74, 6) is 1.47. The zero-order chi connectivity index (χ0) is 38.5. The molecule has 4 atom stereocenters. The highest BCUT2D eigenvalue weighted by Gasteiger charge is 2.31. The fraction of sp³-hybridized carbons (Fsp3) is 0.273. The Balaban J connectivity index is 1.10. The number of aromatic nitrogens is 4. The molecule has 6 rings (SSSR count). The number of imidazole rings is 2. The highest BCUT2D eigenvalue weighted by atomic mass is 16.2. The van der Waals surface area contributed by atoms with Gasteiger partial charge in [0.1, 0.15) is 23.7 Å². The third-order valence-electron chi connectivity index (χ3n) is 10.3. The number of carbonyl (C=O) groups is 2. The number of nitrogens with one attached hydrogen (secondary N) is 2. The minimum atomic E-state index is -0.388. The van der Waals surface area contributed by atoms with Gasteiger partial charge in [-0.05, 0) is 75.4 Å². The van der Waals surface area contributed by atoms with E-state index < -0.39 is 0 Å². The van der Waals surface area contributed by atoms with E-state index in [1.807, 2.05) is 139 Å². The van der Waals surface area contributed by atoms with Gasteiger partial charge in [0, 0.05) is 14.1 Å². The molecule has 54 heavy (non-hydrogen) atoms. The highest BCUT2D eigenvalue weighted by Crippen LogP contribution is 2.31. The zero-order valence-corrected chi connectivity index (χ0v) is 32.4. The zero-order valence-electron chi connectivity index (χ0n) is 32.4. The van der Waals surface area contributed by atoms with E-state index in [9.17, 15) is 9.59 Å². The van der Waals surface area contributed by atoms with Crippen LogP contribution in [0.15, 0.2) is 122 Å². The molecule has 0 fully saturated rings. The summed E-state index contributed by atoms with van der Waals surface area (Å²) in [6, 6.07) is 35.1. The van der Waals surface area contributed by atoms with E-state index in [1.54, 1.807) is 9.80 Å². The van der Waals surface area contributed by atoms with Crippen molar-refractivity contribution in [3.05, 3.63) is 144 Å². The molecule has 0 aliphatic rings. The number of carbonyl (C=O) groups excluding carboxylic acids is 2. The van der Waals surface area contributed by atoms with Gasteiger partial charge >= 0.3 is 0 Å². The van der Waals surface area contributed by atoms with Gasteiger partial charge in [0.25, 0.3) is 0 Å². The number of aromatic amines is 2. The van der Waals surface area contributed by atoms with Crippen molar-refractivity contribution in [1.82, 2.24) is 39.5 Å². The van der Waals surface area contributed by atoms with Crippen molar-refractivity contribution in [3.8, 4) is 33.6 Å². The predicted molar refractivity (Wildman–Crippen MR) is 215 cm³/mol. The van der Waals surface area contributed by atoms with Crippen LogP contribution < -0.4 is 0 Å². The number of rotatable bonds is 13. The van der Waals surface area contributed by atoms with E-state index >= 15 is 0 Å². The van der Waals surface area contributed by atoms with E-state index in [1.165, 1.54) is 0 Å². The molecule has 6 aromatic rings. The molecule has 2 N–H and O–H groups in total. The highest BCUT2D eigenvalue weighted by molar-refractivity contribution is 5.84. The molecule has 10 nitrogen and oxygen atoms in total. The largest absolute Gasteiger partial charge is 0.340 e. The van der Waals surface area contributed by atoms with Crippen molar-refractivity contribution in [2.45, 2.75) is 38.0 Å². The van der Waals surface area contributed by atoms with Gasteiger partial charge in [-0.2, -0.15) is 0 Å². The smallest absolute Gasteiger partial charge is 0.244 e. The summed E-state index contributed by atoms with van der Waals surface area (Å²) >= 11 is 0. The summed E-state index contributed by atoms with van der Waals surface area (Å²) in [7, 11) is 11.4. The van der Waals surface area contributed by atoms with Crippen LogP contribution in [-0.2, 0) is 9.59 Å². The molecule has 0 unspecified atom stereocenters. The molecule has 10 heteroatoms. The molecule has 2 heterocycles. The molecule has 4 aromatic carbocycles. The van der Waals surface area contributed by atoms with Crippen LogP contribution in [0.1, 0.15) is 60.8 Å². The van der Waals surface area contributed by atoms with Crippen molar-refractivity contribution in [1.29, 1.82) is 0 Å². The van der Waals surface area contributed by atoms with E-state index in [2.05, 4.69) is 68.5 Å². The molecule has 0 aliphatic heterocycles. The maximum atomic E-state index is 13.6. The standard InChI is InChI=1S/C44H50N8O2/c1-29(51(7)43(53)39(49(3)4)35-15-11-9-12-16-35)41-45-27-37(47-41)33-23-19-31(20-24-33)32-21-25-34(26-22-32)38-28-46-42(48-38)30(2)52(8)44(54)40(50(5)6)36-17-13-10-14-18-36/h9-30,39-40H,1-8H3,(H,45,47)(H,46,48)/t29-,30-,39+,40+/m0/s1. The van der Waals surface area contributed by atoms with E-state index in [4.69, 9.17) is 0 Å². The van der Waals surface area contributed by atoms with Crippen molar-refractivity contribution < 1.29 is 9.59 Å². The Hall–Kier alpha value is -5.84. The Morgan fingerprint density at radius 3 is 1.11 bits per heavy atom. The molecular weight excluding hydrogens is 673 g/mol. The Morgan fingerprint density at radius 1 is 0.481 bits per heavy atom. The number of nitrogens with zero attached hydrogens (tertiary/aromatic N) is 6. The van der Waals surface area contributed by atoms with Crippen LogP contribution in [0.5, 0.6) is 0 Å². The Labute approximate surface area is 318 Å². The van der Waals surface area contributed by atoms with Gasteiger partial charge in [-0.15, -0.1) is 0 Å². The van der Waals surface area contributed by atoms with Crippen LogP contribution in [0.3, 0.4) is 0 Å². The van der Waals surface area contributed by atoms with Crippen LogP contribution in [0.25, 0.3) is 33.6 Å². The molecule has 0 saturated heterocycles. The van der Waals surface area contributed by atoms with Crippen LogP contribution >= 0.6 is 0 Å². The summed E-state index contributed by atoms with van der Waals surface area (Å²) in [5.41, 5.74) is 7.89. The van der Waals surface area contributed by atoms with Gasteiger partial charge in [-0.1, -0.05) is 109 Å². The van der Waals surface area contributed by atoms with Gasteiger partial charge in [0.2, 0.25) is 11.8 Å². The lowest BCUT2D eigenvalue weighted by Crippen LogP contribution is -2.39. The first-order valence-corrected chi connectivity index (χ1v) is 18.2. The molecule has 0 spiro atoms. The maximum Gasteiger partial charge on any atom is 0.244 e. The van der Waals surface area contributed by atoms with Crippen molar-refractivity contribution in [2.24, 2.45) is 0 Å². The average Bonchev–Trinajstić information content (AvgIpc) is 3.89. The maximum absolute atomic E-state index is 13.6. The SMILES string of the molecule is C[C@@H](c1ncc(-c2ccc(-c3ccc(-c4cnc([C@H](C)N(C)C(=O)[C@@H](c5ccccc5)N(C)C)[nH]4)cc3)cc2)[nH]1)N(C)C(=O)[C@@H](c1ccccc1)N(C)C. The average molecular weight is 723 g/mol. The third kappa shape index (κ3) is 8.05. The molecule has 0 radical (unpaired) electrons. The molecule has 0 bridgehead atoms. The molecule has 2 amide bonds. The summed E-state index contributed by atoms with van der Waals surface area (Å²) in [6.07, 6.45) is 3.65. The third-order valence-corrected chi connectivity index (χ3v) is 10.3. The topological polar surface area (TPSA) is 104 Å². The fourth-order valence-corrected chi connectivity index (χ4v) is 6.80. The summed E-state index contributed by atoms with van der Waals surface area (Å²) < 4.78 is 0. The normalized spacial score (nSPS) is 13.7. The summed E-state index contributed by atoms with van der Waals surface area (Å²) in [5, 5.41) is 0. The van der Waals surface area contributed by atoms with Crippen molar-refractivity contribution in [2.75, 3.05) is 42.3 Å². The minimum Gasteiger partial charge on any atom is -0.340 e. The first kappa shape index (κ1) is 37.9. The lowest BCUT2D eigenvalue weighted by Gasteiger charge is -2.31. The number of benzene rings is 4. The van der Waals surface area contributed by atoms with Gasteiger partial charge < -0.3 is 19.8 Å². The molecule has 0 aliphatic carbocycles. The number of H-pyrrole nitrogens is 2. The minimum absolute atomic E-state index is 0.00600. The quantitative estimate of drug-likeness (QED) is 0.126. The lowest BCUT2D eigenvalue weighted by atomic mass is 10.0. The molecule has 2 aromatic heterocycles. The van der Waals surface area contributed by atoms with Crippen LogP contribution in [-0.4, -0.2) is 93.6 Å². The second-order valence-electron chi connectivity index (χ2n) is 14.3. The van der Waals surface area contributed by atoms with Crippen molar-refractivity contribution in [3.63, 3.8) is 0 Å². The van der Waals surface area contributed by atoms with Gasteiger partial charge in [-0.25, -0.2) is 9.97 Å². The second-order valence-corrected chi connectivity index (χ2v) is 14.3. The van der Waals surface area contributed by atoms with E-state index in [0.717, 1.165) is 56.4 Å². The number of hydrogen-bond acceptors (Lipinski definition) is 6. The monoisotopic (exact) mass is 722 g/mol. The van der Waals surface area contributed by atoms with E-state index in [-0.39, 0.29) is 36.0 Å². The summed E-state index contributed by atoms with van der Waals surface area (Å²) in [4.78, 5) is 50.9. The Bertz CT molecular complexity index is 1990. The predicted octanol–water partition coefficient (Wildman–Crippen LogP) is 7.78. The summed E-state index contributed by atoms with van der Waals surface area (Å²) in [6.45, 7) is 3.98. The first-order chi connectivity index (χ1) is 25.9. The molecule has 0 saturated carbocycles. The Kier molecular flexibility index (Phi) is 11.5. The van der Waals surface area contributed by atoms with E-state index in [0.29, 0.717) is 0 Å². The molecule has 278 valence electrons. The lowest BCUT2D eigenvalue weighted by molar-refractivity contribution is -0.138. The van der Waals surface area contributed by atoms with Crippen LogP contribution in [0.2, 0.25) is 0 Å². The molecular formula is C44H50N8O2. The van der Waals surface area contributed by atoms with Gasteiger partial charge in [0.05, 0.1) is 35.9 Å². The number of amides is 2. The van der Waals surface area contributed by atoms with Gasteiger partial charge in [-0.3, -0.25) is 19.4 Å². The van der Waals surface area contributed by atoms with Gasteiger partial charge in [0.15, 0.2) is 0 Å². The van der Waals surface area contributed by atoms with Crippen LogP contribution in [0, 0.1) is 0 Å². The number of likely N-dealkylation sites (N-methyl/N-ethyl adjacent to an activating group) is 4. The van der Waals surface area contributed by atoms with Crippen LogP contribution in [0.4, 0.5) is 0 Å².